The molecule has 6 nitrogen and oxygen atoms in total. The number of nitrogens with zero attached hydrogens (tertiary/aromatic N) is 2. The lowest BCUT2D eigenvalue weighted by molar-refractivity contribution is -0.132. The van der Waals surface area contributed by atoms with Crippen molar-refractivity contribution in [2.75, 3.05) is 30.5 Å². The van der Waals surface area contributed by atoms with Gasteiger partial charge in [-0.15, -0.1) is 0 Å². The van der Waals surface area contributed by atoms with Gasteiger partial charge in [0.1, 0.15) is 11.5 Å². The molecule has 3 aromatic carbocycles. The monoisotopic (exact) mass is 510 g/mol. The molecular weight excluding hydrogens is 476 g/mol. The molecule has 0 radical (unpaired) electrons. The van der Waals surface area contributed by atoms with E-state index in [1.807, 2.05) is 79.7 Å². The standard InChI is InChI=1S/C32H34N2O4/c1-32(2,3)23-11-8-20(9-12-23)28-27(29(35)22-10-17-26-21(19-22)7-6-18-38-26)30(36)31(37)34(28)25-15-13-24(14-16-25)33(4)5/h8-17,19,28,35H,6-7,18H2,1-5H3/b29-27-. The van der Waals surface area contributed by atoms with E-state index in [-0.39, 0.29) is 16.7 Å². The SMILES string of the molecule is CN(C)c1ccc(N2C(=O)C(=O)/C(=C(\O)c3ccc4c(c3)CCCO4)C2c2ccc(C(C)(C)C)cc2)cc1. The first-order valence-corrected chi connectivity index (χ1v) is 13.0. The number of hydrogen-bond donors (Lipinski definition) is 1. The maximum atomic E-state index is 13.5. The maximum Gasteiger partial charge on any atom is 0.300 e. The van der Waals surface area contributed by atoms with Gasteiger partial charge in [0.05, 0.1) is 18.2 Å². The molecule has 2 heterocycles. The predicted molar refractivity (Wildman–Crippen MR) is 151 cm³/mol. The fraction of sp³-hybridized carbons (Fsp3) is 0.312. The minimum absolute atomic E-state index is 0.0481. The molecule has 1 N–H and O–H groups in total. The Hall–Kier alpha value is -4.06. The number of hydrogen-bond acceptors (Lipinski definition) is 5. The molecule has 1 amide bonds. The third-order valence-corrected chi connectivity index (χ3v) is 7.36. The van der Waals surface area contributed by atoms with E-state index in [0.29, 0.717) is 17.9 Å². The lowest BCUT2D eigenvalue weighted by atomic mass is 9.85. The molecule has 1 atom stereocenters. The van der Waals surface area contributed by atoms with Crippen LogP contribution in [0.25, 0.3) is 5.76 Å². The van der Waals surface area contributed by atoms with Crippen LogP contribution >= 0.6 is 0 Å². The Kier molecular flexibility index (Phi) is 6.51. The molecular formula is C32H34N2O4. The van der Waals surface area contributed by atoms with Crippen molar-refractivity contribution >= 4 is 28.8 Å². The summed E-state index contributed by atoms with van der Waals surface area (Å²) in [5, 5.41) is 11.5. The number of rotatable bonds is 4. The molecule has 196 valence electrons. The van der Waals surface area contributed by atoms with Crippen LogP contribution in [0.4, 0.5) is 11.4 Å². The summed E-state index contributed by atoms with van der Waals surface area (Å²) in [6, 6.07) is 20.1. The molecule has 1 fully saturated rings. The van der Waals surface area contributed by atoms with Crippen LogP contribution in [0.2, 0.25) is 0 Å². The topological polar surface area (TPSA) is 70.1 Å². The average Bonchev–Trinajstić information content (AvgIpc) is 3.17. The van der Waals surface area contributed by atoms with Crippen LogP contribution < -0.4 is 14.5 Å². The fourth-order valence-corrected chi connectivity index (χ4v) is 5.15. The van der Waals surface area contributed by atoms with E-state index in [9.17, 15) is 14.7 Å². The number of amides is 1. The molecule has 6 heteroatoms. The summed E-state index contributed by atoms with van der Waals surface area (Å²) in [6.45, 7) is 7.08. The smallest absolute Gasteiger partial charge is 0.300 e. The van der Waals surface area contributed by atoms with Crippen LogP contribution in [0.1, 0.15) is 55.5 Å². The minimum atomic E-state index is -0.762. The van der Waals surface area contributed by atoms with Gasteiger partial charge < -0.3 is 14.7 Å². The largest absolute Gasteiger partial charge is 0.507 e. The first-order valence-electron chi connectivity index (χ1n) is 13.0. The minimum Gasteiger partial charge on any atom is -0.507 e. The summed E-state index contributed by atoms with van der Waals surface area (Å²) in [6.07, 6.45) is 1.73. The van der Waals surface area contributed by atoms with Crippen LogP contribution in [-0.4, -0.2) is 37.5 Å². The van der Waals surface area contributed by atoms with Gasteiger partial charge in [0.15, 0.2) is 0 Å². The number of carbonyl (C=O) groups excluding carboxylic acids is 2. The summed E-state index contributed by atoms with van der Waals surface area (Å²) >= 11 is 0. The van der Waals surface area contributed by atoms with Crippen LogP contribution in [0.3, 0.4) is 0 Å². The molecule has 5 rings (SSSR count). The lowest BCUT2D eigenvalue weighted by Crippen LogP contribution is -2.29. The van der Waals surface area contributed by atoms with Crippen LogP contribution in [0.15, 0.2) is 72.3 Å². The number of aliphatic hydroxyl groups excluding tert-OH is 1. The summed E-state index contributed by atoms with van der Waals surface area (Å²) in [4.78, 5) is 30.5. The number of ether oxygens (including phenoxy) is 1. The quantitative estimate of drug-likeness (QED) is 0.265. The van der Waals surface area contributed by atoms with E-state index in [2.05, 4.69) is 20.8 Å². The predicted octanol–water partition coefficient (Wildman–Crippen LogP) is 6.00. The van der Waals surface area contributed by atoms with E-state index in [4.69, 9.17) is 4.74 Å². The Labute approximate surface area is 224 Å². The number of aryl methyl sites for hydroxylation is 1. The highest BCUT2D eigenvalue weighted by molar-refractivity contribution is 6.51. The molecule has 38 heavy (non-hydrogen) atoms. The van der Waals surface area contributed by atoms with Gasteiger partial charge in [-0.25, -0.2) is 0 Å². The Morgan fingerprint density at radius 1 is 0.974 bits per heavy atom. The normalized spacial score (nSPS) is 18.8. The first-order chi connectivity index (χ1) is 18.1. The van der Waals surface area contributed by atoms with Gasteiger partial charge in [0.25, 0.3) is 11.7 Å². The highest BCUT2D eigenvalue weighted by Crippen LogP contribution is 2.43. The molecule has 2 aliphatic rings. The van der Waals surface area contributed by atoms with E-state index in [1.165, 1.54) is 4.90 Å². The van der Waals surface area contributed by atoms with Crippen molar-refractivity contribution in [3.8, 4) is 5.75 Å². The molecule has 0 saturated carbocycles. The van der Waals surface area contributed by atoms with Crippen molar-refractivity contribution in [1.82, 2.24) is 0 Å². The van der Waals surface area contributed by atoms with Crippen LogP contribution in [-0.2, 0) is 21.4 Å². The van der Waals surface area contributed by atoms with Gasteiger partial charge in [0.2, 0.25) is 0 Å². The van der Waals surface area contributed by atoms with Crippen molar-refractivity contribution in [1.29, 1.82) is 0 Å². The fourth-order valence-electron chi connectivity index (χ4n) is 5.15. The number of ketones is 1. The zero-order chi connectivity index (χ0) is 27.2. The second-order valence-corrected chi connectivity index (χ2v) is 11.2. The molecule has 1 saturated heterocycles. The van der Waals surface area contributed by atoms with Crippen molar-refractivity contribution in [2.24, 2.45) is 0 Å². The third-order valence-electron chi connectivity index (χ3n) is 7.36. The lowest BCUT2D eigenvalue weighted by Gasteiger charge is -2.27. The highest BCUT2D eigenvalue weighted by atomic mass is 16.5. The molecule has 3 aromatic rings. The van der Waals surface area contributed by atoms with Crippen LogP contribution in [0.5, 0.6) is 5.75 Å². The second kappa shape index (κ2) is 9.67. The maximum absolute atomic E-state index is 13.5. The molecule has 0 spiro atoms. The van der Waals surface area contributed by atoms with Crippen molar-refractivity contribution in [3.05, 3.63) is 94.6 Å². The Morgan fingerprint density at radius 3 is 2.29 bits per heavy atom. The highest BCUT2D eigenvalue weighted by Gasteiger charge is 2.47. The molecule has 0 bridgehead atoms. The van der Waals surface area contributed by atoms with E-state index < -0.39 is 17.7 Å². The van der Waals surface area contributed by atoms with Crippen molar-refractivity contribution in [2.45, 2.75) is 45.1 Å². The summed E-state index contributed by atoms with van der Waals surface area (Å²) in [7, 11) is 3.89. The van der Waals surface area contributed by atoms with E-state index in [0.717, 1.165) is 41.0 Å². The Bertz CT molecular complexity index is 1410. The number of anilines is 2. The number of fused-ring (bicyclic) bond motifs is 1. The third kappa shape index (κ3) is 4.55. The zero-order valence-corrected chi connectivity index (χ0v) is 22.6. The molecule has 1 unspecified atom stereocenters. The van der Waals surface area contributed by atoms with Crippen molar-refractivity contribution in [3.63, 3.8) is 0 Å². The van der Waals surface area contributed by atoms with Crippen LogP contribution in [0, 0.1) is 0 Å². The summed E-state index contributed by atoms with van der Waals surface area (Å²) in [5.74, 6) is -0.731. The number of carbonyl (C=O) groups is 2. The molecule has 2 aliphatic heterocycles. The van der Waals surface area contributed by atoms with Gasteiger partial charge in [0, 0.05) is 31.0 Å². The van der Waals surface area contributed by atoms with Gasteiger partial charge in [-0.2, -0.15) is 0 Å². The van der Waals surface area contributed by atoms with E-state index in [1.54, 1.807) is 6.07 Å². The van der Waals surface area contributed by atoms with Gasteiger partial charge in [-0.05, 0) is 77.4 Å². The van der Waals surface area contributed by atoms with Gasteiger partial charge >= 0.3 is 0 Å². The number of benzene rings is 3. The van der Waals surface area contributed by atoms with Gasteiger partial charge in [-0.1, -0.05) is 45.0 Å². The Morgan fingerprint density at radius 2 is 1.66 bits per heavy atom. The average molecular weight is 511 g/mol. The molecule has 0 aliphatic carbocycles. The van der Waals surface area contributed by atoms with Gasteiger partial charge in [-0.3, -0.25) is 14.5 Å². The number of Topliss-reactive ketones (excluding diaryl/α,β-unsaturated/α-hetero) is 1. The molecule has 0 aromatic heterocycles. The summed E-state index contributed by atoms with van der Waals surface area (Å²) in [5.41, 5.74) is 5.01. The zero-order valence-electron chi connectivity index (χ0n) is 22.6. The van der Waals surface area contributed by atoms with E-state index >= 15 is 0 Å². The first kappa shape index (κ1) is 25.6. The number of aliphatic hydroxyl groups is 1. The summed E-state index contributed by atoms with van der Waals surface area (Å²) < 4.78 is 5.72. The Balaban J connectivity index is 1.66. The van der Waals surface area contributed by atoms with Crippen molar-refractivity contribution < 1.29 is 19.4 Å². The second-order valence-electron chi connectivity index (χ2n) is 11.2.